The molecule has 0 bridgehead atoms. The van der Waals surface area contributed by atoms with Crippen LogP contribution in [0.4, 0.5) is 0 Å². The van der Waals surface area contributed by atoms with Crippen LogP contribution in [-0.4, -0.2) is 10.3 Å². The topological polar surface area (TPSA) is 12.0 Å². The van der Waals surface area contributed by atoms with Crippen molar-refractivity contribution in [3.8, 4) is 0 Å². The molecular formula is C16H27NS. The van der Waals surface area contributed by atoms with Gasteiger partial charge in [0.1, 0.15) is 0 Å². The SMILES string of the molecule is Cc1cc(CNC(C)(C)C)ccc1SC(C)(C)C. The van der Waals surface area contributed by atoms with E-state index in [1.54, 1.807) is 0 Å². The Labute approximate surface area is 117 Å². The first kappa shape index (κ1) is 15.6. The van der Waals surface area contributed by atoms with Crippen molar-refractivity contribution in [3.05, 3.63) is 29.3 Å². The zero-order valence-electron chi connectivity index (χ0n) is 12.8. The monoisotopic (exact) mass is 265 g/mol. The van der Waals surface area contributed by atoms with Crippen LogP contribution in [0.15, 0.2) is 23.1 Å². The zero-order chi connectivity index (χ0) is 14.0. The Morgan fingerprint density at radius 1 is 1.06 bits per heavy atom. The number of nitrogens with one attached hydrogen (secondary N) is 1. The van der Waals surface area contributed by atoms with Crippen molar-refractivity contribution >= 4 is 11.8 Å². The number of aryl methyl sites for hydroxylation is 1. The van der Waals surface area contributed by atoms with Gasteiger partial charge in [0.15, 0.2) is 0 Å². The van der Waals surface area contributed by atoms with E-state index in [1.165, 1.54) is 16.0 Å². The summed E-state index contributed by atoms with van der Waals surface area (Å²) < 4.78 is 0.274. The molecule has 102 valence electrons. The largest absolute Gasteiger partial charge is 0.308 e. The first-order valence-corrected chi connectivity index (χ1v) is 7.42. The summed E-state index contributed by atoms with van der Waals surface area (Å²) in [5.74, 6) is 0. The van der Waals surface area contributed by atoms with Gasteiger partial charge < -0.3 is 5.32 Å². The Morgan fingerprint density at radius 2 is 1.67 bits per heavy atom. The van der Waals surface area contributed by atoms with Crippen molar-refractivity contribution in [2.75, 3.05) is 0 Å². The molecule has 0 radical (unpaired) electrons. The predicted octanol–water partition coefficient (Wildman–Crippen LogP) is 4.77. The Hall–Kier alpha value is -0.470. The normalized spacial score (nSPS) is 12.8. The van der Waals surface area contributed by atoms with Crippen LogP contribution in [0.25, 0.3) is 0 Å². The molecule has 0 atom stereocenters. The summed E-state index contributed by atoms with van der Waals surface area (Å²) in [5.41, 5.74) is 2.91. The summed E-state index contributed by atoms with van der Waals surface area (Å²) in [6.45, 7) is 16.5. The van der Waals surface area contributed by atoms with Gasteiger partial charge in [-0.3, -0.25) is 0 Å². The van der Waals surface area contributed by atoms with Gasteiger partial charge in [0.05, 0.1) is 0 Å². The van der Waals surface area contributed by atoms with Crippen molar-refractivity contribution in [2.24, 2.45) is 0 Å². The van der Waals surface area contributed by atoms with Crippen LogP contribution in [0, 0.1) is 6.92 Å². The molecule has 0 saturated heterocycles. The third-order valence-corrected chi connectivity index (χ3v) is 3.77. The van der Waals surface area contributed by atoms with Crippen molar-refractivity contribution in [3.63, 3.8) is 0 Å². The van der Waals surface area contributed by atoms with Crippen molar-refractivity contribution < 1.29 is 0 Å². The maximum atomic E-state index is 3.53. The summed E-state index contributed by atoms with van der Waals surface area (Å²) >= 11 is 1.94. The Kier molecular flexibility index (Phi) is 4.90. The third-order valence-electron chi connectivity index (χ3n) is 2.48. The fourth-order valence-electron chi connectivity index (χ4n) is 1.63. The number of hydrogen-bond acceptors (Lipinski definition) is 2. The number of benzene rings is 1. The lowest BCUT2D eigenvalue weighted by Crippen LogP contribution is -2.35. The van der Waals surface area contributed by atoms with E-state index in [0.717, 1.165) is 6.54 Å². The highest BCUT2D eigenvalue weighted by Crippen LogP contribution is 2.34. The molecule has 1 nitrogen and oxygen atoms in total. The molecule has 1 aromatic carbocycles. The first-order chi connectivity index (χ1) is 8.07. The molecule has 0 aliphatic carbocycles. The lowest BCUT2D eigenvalue weighted by atomic mass is 10.1. The first-order valence-electron chi connectivity index (χ1n) is 6.60. The molecule has 0 aromatic heterocycles. The van der Waals surface area contributed by atoms with Crippen LogP contribution in [-0.2, 0) is 6.54 Å². The molecule has 0 aliphatic rings. The van der Waals surface area contributed by atoms with Gasteiger partial charge in [0.2, 0.25) is 0 Å². The van der Waals surface area contributed by atoms with Gasteiger partial charge >= 0.3 is 0 Å². The summed E-state index contributed by atoms with van der Waals surface area (Å²) in [6.07, 6.45) is 0. The summed E-state index contributed by atoms with van der Waals surface area (Å²) in [7, 11) is 0. The van der Waals surface area contributed by atoms with E-state index in [4.69, 9.17) is 0 Å². The summed E-state index contributed by atoms with van der Waals surface area (Å²) in [6, 6.07) is 6.79. The number of rotatable bonds is 3. The van der Waals surface area contributed by atoms with Gasteiger partial charge in [-0.05, 0) is 44.9 Å². The molecule has 1 rings (SSSR count). The Balaban J connectivity index is 2.74. The molecule has 0 saturated carbocycles. The van der Waals surface area contributed by atoms with Crippen LogP contribution >= 0.6 is 11.8 Å². The highest BCUT2D eigenvalue weighted by atomic mass is 32.2. The molecule has 2 heteroatoms. The van der Waals surface area contributed by atoms with Crippen LogP contribution in [0.5, 0.6) is 0 Å². The average Bonchev–Trinajstić information content (AvgIpc) is 2.15. The predicted molar refractivity (Wildman–Crippen MR) is 83.4 cm³/mol. The Morgan fingerprint density at radius 3 is 2.11 bits per heavy atom. The molecule has 0 heterocycles. The van der Waals surface area contributed by atoms with Gasteiger partial charge in [0.25, 0.3) is 0 Å². The van der Waals surface area contributed by atoms with E-state index in [2.05, 4.69) is 72.0 Å². The fraction of sp³-hybridized carbons (Fsp3) is 0.625. The van der Waals surface area contributed by atoms with E-state index >= 15 is 0 Å². The van der Waals surface area contributed by atoms with Crippen molar-refractivity contribution in [1.29, 1.82) is 0 Å². The van der Waals surface area contributed by atoms with Gasteiger partial charge in [-0.1, -0.05) is 32.9 Å². The average molecular weight is 265 g/mol. The molecule has 1 aromatic rings. The van der Waals surface area contributed by atoms with Crippen LogP contribution in [0.3, 0.4) is 0 Å². The van der Waals surface area contributed by atoms with Gasteiger partial charge in [0, 0.05) is 21.7 Å². The molecule has 0 aliphatic heterocycles. The minimum atomic E-state index is 0.173. The maximum absolute atomic E-state index is 3.53. The van der Waals surface area contributed by atoms with Gasteiger partial charge in [-0.2, -0.15) is 0 Å². The molecule has 0 fully saturated rings. The van der Waals surface area contributed by atoms with E-state index in [9.17, 15) is 0 Å². The fourth-order valence-corrected chi connectivity index (χ4v) is 2.65. The van der Waals surface area contributed by atoms with E-state index in [1.807, 2.05) is 11.8 Å². The summed E-state index contributed by atoms with van der Waals surface area (Å²) in [5, 5.41) is 3.53. The van der Waals surface area contributed by atoms with Gasteiger partial charge in [-0.25, -0.2) is 0 Å². The third kappa shape index (κ3) is 5.92. The zero-order valence-corrected chi connectivity index (χ0v) is 13.7. The lowest BCUT2D eigenvalue weighted by Gasteiger charge is -2.22. The molecule has 0 unspecified atom stereocenters. The second-order valence-corrected chi connectivity index (χ2v) is 8.79. The quantitative estimate of drug-likeness (QED) is 0.790. The van der Waals surface area contributed by atoms with Gasteiger partial charge in [-0.15, -0.1) is 11.8 Å². The lowest BCUT2D eigenvalue weighted by molar-refractivity contribution is 0.424. The van der Waals surface area contributed by atoms with Crippen LogP contribution in [0.2, 0.25) is 0 Å². The highest BCUT2D eigenvalue weighted by molar-refractivity contribution is 8.00. The highest BCUT2D eigenvalue weighted by Gasteiger charge is 2.14. The van der Waals surface area contributed by atoms with E-state index in [-0.39, 0.29) is 10.3 Å². The van der Waals surface area contributed by atoms with E-state index < -0.39 is 0 Å². The Bertz CT molecular complexity index is 397. The minimum absolute atomic E-state index is 0.173. The molecule has 18 heavy (non-hydrogen) atoms. The standard InChI is InChI=1S/C16H27NS/c1-12-10-13(11-17-15(2,3)4)8-9-14(12)18-16(5,6)7/h8-10,17H,11H2,1-7H3. The second kappa shape index (κ2) is 5.66. The minimum Gasteiger partial charge on any atom is -0.308 e. The molecule has 1 N–H and O–H groups in total. The van der Waals surface area contributed by atoms with E-state index in [0.29, 0.717) is 0 Å². The molecule has 0 amide bonds. The maximum Gasteiger partial charge on any atom is 0.0210 e. The smallest absolute Gasteiger partial charge is 0.0210 e. The summed E-state index contributed by atoms with van der Waals surface area (Å²) in [4.78, 5) is 1.39. The second-order valence-electron chi connectivity index (χ2n) is 6.92. The van der Waals surface area contributed by atoms with Crippen molar-refractivity contribution in [2.45, 2.75) is 70.2 Å². The molecular weight excluding hydrogens is 238 g/mol. The number of thioether (sulfide) groups is 1. The van der Waals surface area contributed by atoms with Crippen LogP contribution < -0.4 is 5.32 Å². The molecule has 0 spiro atoms. The number of hydrogen-bond donors (Lipinski definition) is 1. The van der Waals surface area contributed by atoms with Crippen LogP contribution in [0.1, 0.15) is 52.7 Å². The van der Waals surface area contributed by atoms with Crippen molar-refractivity contribution in [1.82, 2.24) is 5.32 Å².